The predicted molar refractivity (Wildman–Crippen MR) is 57.1 cm³/mol. The van der Waals surface area contributed by atoms with E-state index in [2.05, 4.69) is 10.6 Å². The van der Waals surface area contributed by atoms with E-state index in [0.717, 1.165) is 19.4 Å². The van der Waals surface area contributed by atoms with Gasteiger partial charge in [0, 0.05) is 13.7 Å². The molecule has 1 aliphatic rings. The van der Waals surface area contributed by atoms with Crippen LogP contribution in [-0.2, 0) is 14.3 Å². The molecule has 3 N–H and O–H groups in total. The Hall–Kier alpha value is -1.14. The minimum absolute atomic E-state index is 0.0788. The van der Waals surface area contributed by atoms with Crippen LogP contribution in [0.2, 0.25) is 0 Å². The molecule has 1 aliphatic heterocycles. The van der Waals surface area contributed by atoms with Gasteiger partial charge >= 0.3 is 5.97 Å². The topological polar surface area (TPSA) is 87.7 Å². The standard InChI is InChI=1S/C10H18N2O4/c1-16-7(5-9(13)14)6-12-10(15)8-3-2-4-11-8/h7-8,11H,2-6H2,1H3,(H,12,15)(H,13,14). The van der Waals surface area contributed by atoms with Gasteiger partial charge in [0.05, 0.1) is 18.6 Å². The highest BCUT2D eigenvalue weighted by molar-refractivity contribution is 5.82. The predicted octanol–water partition coefficient (Wildman–Crippen LogP) is -0.656. The number of carbonyl (C=O) groups excluding carboxylic acids is 1. The van der Waals surface area contributed by atoms with Crippen LogP contribution in [0.4, 0.5) is 0 Å². The lowest BCUT2D eigenvalue weighted by Gasteiger charge is -2.16. The Morgan fingerprint density at radius 1 is 1.62 bits per heavy atom. The molecule has 0 spiro atoms. The number of methoxy groups -OCH3 is 1. The van der Waals surface area contributed by atoms with E-state index >= 15 is 0 Å². The van der Waals surface area contributed by atoms with Gasteiger partial charge in [-0.15, -0.1) is 0 Å². The fourth-order valence-corrected chi connectivity index (χ4v) is 1.68. The second-order valence-electron chi connectivity index (χ2n) is 3.85. The normalized spacial score (nSPS) is 21.7. The molecule has 2 unspecified atom stereocenters. The number of carboxylic acid groups (broad SMARTS) is 1. The van der Waals surface area contributed by atoms with Gasteiger partial charge in [-0.1, -0.05) is 0 Å². The van der Waals surface area contributed by atoms with E-state index in [0.29, 0.717) is 0 Å². The van der Waals surface area contributed by atoms with Crippen molar-refractivity contribution in [3.05, 3.63) is 0 Å². The van der Waals surface area contributed by atoms with Gasteiger partial charge in [-0.25, -0.2) is 0 Å². The molecular weight excluding hydrogens is 212 g/mol. The quantitative estimate of drug-likeness (QED) is 0.564. The zero-order valence-electron chi connectivity index (χ0n) is 9.36. The van der Waals surface area contributed by atoms with Crippen molar-refractivity contribution < 1.29 is 19.4 Å². The number of hydrogen-bond acceptors (Lipinski definition) is 4. The van der Waals surface area contributed by atoms with Crippen LogP contribution in [0.5, 0.6) is 0 Å². The molecule has 0 aromatic rings. The van der Waals surface area contributed by atoms with Gasteiger partial charge in [-0.3, -0.25) is 9.59 Å². The summed E-state index contributed by atoms with van der Waals surface area (Å²) in [5.74, 6) is -1.01. The van der Waals surface area contributed by atoms with Gasteiger partial charge < -0.3 is 20.5 Å². The average molecular weight is 230 g/mol. The van der Waals surface area contributed by atoms with E-state index in [1.807, 2.05) is 0 Å². The molecule has 1 heterocycles. The largest absolute Gasteiger partial charge is 0.481 e. The fraction of sp³-hybridized carbons (Fsp3) is 0.800. The van der Waals surface area contributed by atoms with Crippen molar-refractivity contribution in [2.75, 3.05) is 20.2 Å². The monoisotopic (exact) mass is 230 g/mol. The lowest BCUT2D eigenvalue weighted by molar-refractivity contribution is -0.140. The van der Waals surface area contributed by atoms with E-state index in [1.54, 1.807) is 0 Å². The van der Waals surface area contributed by atoms with Crippen LogP contribution in [0, 0.1) is 0 Å². The van der Waals surface area contributed by atoms with E-state index in [9.17, 15) is 9.59 Å². The molecule has 1 amide bonds. The first-order chi connectivity index (χ1) is 7.63. The summed E-state index contributed by atoms with van der Waals surface area (Å²) in [6.07, 6.45) is 1.26. The summed E-state index contributed by atoms with van der Waals surface area (Å²) in [6.45, 7) is 1.10. The summed E-state index contributed by atoms with van der Waals surface area (Å²) in [7, 11) is 1.44. The van der Waals surface area contributed by atoms with Gasteiger partial charge in [-0.05, 0) is 19.4 Å². The molecule has 2 atom stereocenters. The highest BCUT2D eigenvalue weighted by atomic mass is 16.5. The zero-order chi connectivity index (χ0) is 12.0. The first-order valence-corrected chi connectivity index (χ1v) is 5.39. The van der Waals surface area contributed by atoms with Crippen molar-refractivity contribution in [2.24, 2.45) is 0 Å². The number of ether oxygens (including phenoxy) is 1. The highest BCUT2D eigenvalue weighted by Crippen LogP contribution is 2.04. The maximum Gasteiger partial charge on any atom is 0.306 e. The number of amides is 1. The Kier molecular flexibility index (Phi) is 5.21. The average Bonchev–Trinajstić information content (AvgIpc) is 2.76. The Morgan fingerprint density at radius 3 is 2.88 bits per heavy atom. The summed E-state index contributed by atoms with van der Waals surface area (Å²) in [5, 5.41) is 14.3. The first kappa shape index (κ1) is 12.9. The number of rotatable bonds is 6. The van der Waals surface area contributed by atoms with Crippen LogP contribution in [0.1, 0.15) is 19.3 Å². The number of aliphatic carboxylic acids is 1. The lowest BCUT2D eigenvalue weighted by atomic mass is 10.2. The molecule has 6 heteroatoms. The molecule has 0 aromatic heterocycles. The minimum Gasteiger partial charge on any atom is -0.481 e. The summed E-state index contributed by atoms with van der Waals surface area (Å²) in [6, 6.07) is -0.137. The van der Waals surface area contributed by atoms with Crippen molar-refractivity contribution in [1.29, 1.82) is 0 Å². The summed E-state index contributed by atoms with van der Waals surface area (Å²) in [4.78, 5) is 22.0. The SMILES string of the molecule is COC(CNC(=O)C1CCCN1)CC(=O)O. The smallest absolute Gasteiger partial charge is 0.306 e. The zero-order valence-corrected chi connectivity index (χ0v) is 9.36. The maximum atomic E-state index is 11.6. The second-order valence-corrected chi connectivity index (χ2v) is 3.85. The molecule has 1 rings (SSSR count). The number of carbonyl (C=O) groups is 2. The maximum absolute atomic E-state index is 11.6. The van der Waals surface area contributed by atoms with E-state index in [4.69, 9.17) is 9.84 Å². The van der Waals surface area contributed by atoms with Crippen molar-refractivity contribution in [3.63, 3.8) is 0 Å². The van der Waals surface area contributed by atoms with Crippen LogP contribution in [0.3, 0.4) is 0 Å². The molecule has 1 saturated heterocycles. The minimum atomic E-state index is -0.930. The van der Waals surface area contributed by atoms with Gasteiger partial charge in [0.15, 0.2) is 0 Å². The van der Waals surface area contributed by atoms with Gasteiger partial charge in [0.2, 0.25) is 5.91 Å². The molecule has 0 aromatic carbocycles. The molecule has 16 heavy (non-hydrogen) atoms. The van der Waals surface area contributed by atoms with E-state index < -0.39 is 12.1 Å². The van der Waals surface area contributed by atoms with Gasteiger partial charge in [0.25, 0.3) is 0 Å². The summed E-state index contributed by atoms with van der Waals surface area (Å²) in [5.41, 5.74) is 0. The summed E-state index contributed by atoms with van der Waals surface area (Å²) < 4.78 is 4.96. The van der Waals surface area contributed by atoms with Crippen LogP contribution in [0.15, 0.2) is 0 Å². The first-order valence-electron chi connectivity index (χ1n) is 5.39. The molecule has 92 valence electrons. The van der Waals surface area contributed by atoms with E-state index in [1.165, 1.54) is 7.11 Å². The number of hydrogen-bond donors (Lipinski definition) is 3. The van der Waals surface area contributed by atoms with Crippen LogP contribution < -0.4 is 10.6 Å². The molecule has 1 fully saturated rings. The molecule has 0 bridgehead atoms. The van der Waals surface area contributed by atoms with Crippen molar-refractivity contribution in [1.82, 2.24) is 10.6 Å². The molecule has 0 saturated carbocycles. The molecule has 0 radical (unpaired) electrons. The Morgan fingerprint density at radius 2 is 2.38 bits per heavy atom. The lowest BCUT2D eigenvalue weighted by Crippen LogP contribution is -2.43. The van der Waals surface area contributed by atoms with Crippen LogP contribution >= 0.6 is 0 Å². The fourth-order valence-electron chi connectivity index (χ4n) is 1.68. The van der Waals surface area contributed by atoms with Crippen LogP contribution in [0.25, 0.3) is 0 Å². The molecular formula is C10H18N2O4. The molecule has 0 aliphatic carbocycles. The van der Waals surface area contributed by atoms with Gasteiger partial charge in [0.1, 0.15) is 0 Å². The second kappa shape index (κ2) is 6.44. The van der Waals surface area contributed by atoms with E-state index in [-0.39, 0.29) is 24.9 Å². The summed E-state index contributed by atoms with van der Waals surface area (Å²) >= 11 is 0. The van der Waals surface area contributed by atoms with Crippen molar-refractivity contribution in [3.8, 4) is 0 Å². The Labute approximate surface area is 94.3 Å². The Balaban J connectivity index is 2.25. The Bertz CT molecular complexity index is 251. The number of nitrogens with one attached hydrogen (secondary N) is 2. The third-order valence-electron chi connectivity index (χ3n) is 2.62. The van der Waals surface area contributed by atoms with Crippen molar-refractivity contribution >= 4 is 11.9 Å². The van der Waals surface area contributed by atoms with Gasteiger partial charge in [-0.2, -0.15) is 0 Å². The third-order valence-corrected chi connectivity index (χ3v) is 2.62. The highest BCUT2D eigenvalue weighted by Gasteiger charge is 2.22. The third kappa shape index (κ3) is 4.16. The van der Waals surface area contributed by atoms with Crippen molar-refractivity contribution in [2.45, 2.75) is 31.4 Å². The number of carboxylic acids is 1. The van der Waals surface area contributed by atoms with Crippen LogP contribution in [-0.4, -0.2) is 49.3 Å². The molecule has 6 nitrogen and oxygen atoms in total.